The van der Waals surface area contributed by atoms with Gasteiger partial charge in [-0.05, 0) is 61.6 Å². The smallest absolute Gasteiger partial charge is 0.0311 e. The number of rotatable bonds is 11. The molecule has 0 heterocycles. The fraction of sp³-hybridized carbons (Fsp3) is 0.310. The molecule has 168 valence electrons. The van der Waals surface area contributed by atoms with Crippen molar-refractivity contribution < 1.29 is 0 Å². The molecule has 0 unspecified atom stereocenters. The van der Waals surface area contributed by atoms with E-state index in [9.17, 15) is 0 Å². The van der Waals surface area contributed by atoms with Crippen molar-refractivity contribution in [3.8, 4) is 0 Å². The summed E-state index contributed by atoms with van der Waals surface area (Å²) < 4.78 is 0.0455. The van der Waals surface area contributed by atoms with Gasteiger partial charge in [0.15, 0.2) is 0 Å². The molecule has 32 heavy (non-hydrogen) atoms. The molecule has 3 aromatic rings. The van der Waals surface area contributed by atoms with Crippen LogP contribution < -0.4 is 0 Å². The van der Waals surface area contributed by atoms with Crippen LogP contribution in [0.5, 0.6) is 0 Å². The molecular weight excluding hydrogens is 445 g/mol. The minimum Gasteiger partial charge on any atom is -0.121 e. The first-order valence-corrected chi connectivity index (χ1v) is 13.9. The Hall–Kier alpha value is -1.55. The van der Waals surface area contributed by atoms with Crippen molar-refractivity contribution in [1.82, 2.24) is 0 Å². The maximum Gasteiger partial charge on any atom is 0.0311 e. The highest BCUT2D eigenvalue weighted by molar-refractivity contribution is 8.05. The van der Waals surface area contributed by atoms with E-state index in [-0.39, 0.29) is 4.75 Å². The van der Waals surface area contributed by atoms with E-state index in [1.54, 1.807) is 0 Å². The summed E-state index contributed by atoms with van der Waals surface area (Å²) in [5.41, 5.74) is 0. The molecule has 0 amide bonds. The number of hydrogen-bond donors (Lipinski definition) is 0. The molecule has 3 aromatic carbocycles. The molecule has 0 radical (unpaired) electrons. The number of thioether (sulfide) groups is 3. The summed E-state index contributed by atoms with van der Waals surface area (Å²) in [5.74, 6) is 0.420. The Morgan fingerprint density at radius 3 is 1.81 bits per heavy atom. The summed E-state index contributed by atoms with van der Waals surface area (Å²) in [5, 5.41) is 0.412. The van der Waals surface area contributed by atoms with Gasteiger partial charge in [0.1, 0.15) is 0 Å². The predicted octanol–water partition coefficient (Wildman–Crippen LogP) is 9.83. The molecule has 0 bridgehead atoms. The lowest BCUT2D eigenvalue weighted by Gasteiger charge is -2.38. The monoisotopic (exact) mass is 478 g/mol. The Balaban J connectivity index is 1.93. The number of allylic oxidation sites excluding steroid dienone is 2. The third-order valence-electron chi connectivity index (χ3n) is 5.33. The first-order valence-electron chi connectivity index (χ1n) is 11.4. The Kier molecular flexibility index (Phi) is 9.90. The van der Waals surface area contributed by atoms with E-state index >= 15 is 0 Å². The third kappa shape index (κ3) is 7.50. The topological polar surface area (TPSA) is 0 Å². The molecule has 0 spiro atoms. The zero-order chi connectivity index (χ0) is 22.8. The lowest BCUT2D eigenvalue weighted by atomic mass is 9.96. The van der Waals surface area contributed by atoms with Crippen molar-refractivity contribution >= 4 is 35.3 Å². The second-order valence-electron chi connectivity index (χ2n) is 8.47. The summed E-state index contributed by atoms with van der Waals surface area (Å²) in [7, 11) is 0. The van der Waals surface area contributed by atoms with Crippen LogP contribution in [0.3, 0.4) is 0 Å². The van der Waals surface area contributed by atoms with Crippen LogP contribution in [0, 0.1) is 5.92 Å². The van der Waals surface area contributed by atoms with Crippen molar-refractivity contribution in [3.05, 3.63) is 102 Å². The minimum absolute atomic E-state index is 0.0455. The van der Waals surface area contributed by atoms with Crippen LogP contribution >= 0.6 is 35.3 Å². The molecule has 3 rings (SSSR count). The first kappa shape index (κ1) is 25.1. The van der Waals surface area contributed by atoms with Gasteiger partial charge in [-0.15, -0.1) is 23.5 Å². The molecule has 0 nitrogen and oxygen atoms in total. The van der Waals surface area contributed by atoms with Gasteiger partial charge in [-0.25, -0.2) is 0 Å². The highest BCUT2D eigenvalue weighted by atomic mass is 32.2. The quantitative estimate of drug-likeness (QED) is 0.252. The van der Waals surface area contributed by atoms with Gasteiger partial charge >= 0.3 is 0 Å². The van der Waals surface area contributed by atoms with Gasteiger partial charge in [0.05, 0.1) is 0 Å². The highest BCUT2D eigenvalue weighted by Crippen LogP contribution is 2.49. The summed E-state index contributed by atoms with van der Waals surface area (Å²) in [6.07, 6.45) is 4.77. The fourth-order valence-electron chi connectivity index (χ4n) is 3.72. The zero-order valence-electron chi connectivity index (χ0n) is 19.5. The van der Waals surface area contributed by atoms with Crippen LogP contribution in [0.15, 0.2) is 117 Å². The minimum atomic E-state index is 0.0455. The van der Waals surface area contributed by atoms with Crippen LogP contribution in [-0.4, -0.2) is 10.00 Å². The van der Waals surface area contributed by atoms with E-state index in [0.29, 0.717) is 11.2 Å². The average molecular weight is 479 g/mol. The van der Waals surface area contributed by atoms with Crippen molar-refractivity contribution in [3.63, 3.8) is 0 Å². The maximum atomic E-state index is 2.48. The van der Waals surface area contributed by atoms with E-state index < -0.39 is 0 Å². The Bertz CT molecular complexity index is 949. The molecule has 0 saturated heterocycles. The summed E-state index contributed by atoms with van der Waals surface area (Å²) >= 11 is 5.95. The predicted molar refractivity (Wildman–Crippen MR) is 147 cm³/mol. The van der Waals surface area contributed by atoms with Crippen LogP contribution in [0.25, 0.3) is 0 Å². The van der Waals surface area contributed by atoms with E-state index in [1.165, 1.54) is 26.0 Å². The lowest BCUT2D eigenvalue weighted by molar-refractivity contribution is 0.553. The van der Waals surface area contributed by atoms with Crippen LogP contribution in [0.1, 0.15) is 40.5 Å². The van der Waals surface area contributed by atoms with Crippen LogP contribution in [-0.2, 0) is 0 Å². The maximum absolute atomic E-state index is 2.48. The number of benzene rings is 3. The molecule has 0 aromatic heterocycles. The first-order chi connectivity index (χ1) is 15.5. The second kappa shape index (κ2) is 12.6. The molecule has 2 atom stereocenters. The zero-order valence-corrected chi connectivity index (χ0v) is 22.0. The summed E-state index contributed by atoms with van der Waals surface area (Å²) in [4.78, 5) is 5.47. The van der Waals surface area contributed by atoms with E-state index in [1.807, 2.05) is 35.3 Å². The average Bonchev–Trinajstić information content (AvgIpc) is 2.81. The van der Waals surface area contributed by atoms with Crippen molar-refractivity contribution in [2.24, 2.45) is 5.92 Å². The van der Waals surface area contributed by atoms with Crippen molar-refractivity contribution in [1.29, 1.82) is 0 Å². The SMILES string of the molecule is CCC/C=C(/Sc1ccccc1)[C@@H](C)[C@H](Sc1ccccc1)C(C)(C)Sc1ccccc1. The molecule has 0 fully saturated rings. The molecule has 0 aliphatic rings. The number of unbranched alkanes of at least 4 members (excludes halogenated alkanes) is 1. The van der Waals surface area contributed by atoms with Gasteiger partial charge in [-0.2, -0.15) is 0 Å². The Morgan fingerprint density at radius 2 is 1.28 bits per heavy atom. The van der Waals surface area contributed by atoms with Gasteiger partial charge in [0.2, 0.25) is 0 Å². The van der Waals surface area contributed by atoms with E-state index in [4.69, 9.17) is 0 Å². The van der Waals surface area contributed by atoms with Gasteiger partial charge in [0.25, 0.3) is 0 Å². The van der Waals surface area contributed by atoms with E-state index in [0.717, 1.165) is 6.42 Å². The lowest BCUT2D eigenvalue weighted by Crippen LogP contribution is -2.36. The van der Waals surface area contributed by atoms with Gasteiger partial charge < -0.3 is 0 Å². The van der Waals surface area contributed by atoms with Crippen LogP contribution in [0.4, 0.5) is 0 Å². The van der Waals surface area contributed by atoms with Crippen LogP contribution in [0.2, 0.25) is 0 Å². The van der Waals surface area contributed by atoms with Gasteiger partial charge in [-0.1, -0.05) is 92.7 Å². The summed E-state index contributed by atoms with van der Waals surface area (Å²) in [6.45, 7) is 9.50. The van der Waals surface area contributed by atoms with Crippen molar-refractivity contribution in [2.45, 2.75) is 65.2 Å². The van der Waals surface area contributed by atoms with E-state index in [2.05, 4.69) is 125 Å². The fourth-order valence-corrected chi connectivity index (χ4v) is 7.65. The largest absolute Gasteiger partial charge is 0.121 e. The second-order valence-corrected chi connectivity index (χ2v) is 12.6. The molecule has 3 heteroatoms. The normalized spacial score (nSPS) is 14.2. The van der Waals surface area contributed by atoms with Gasteiger partial charge in [-0.3, -0.25) is 0 Å². The molecule has 0 saturated carbocycles. The Labute approximate surface area is 207 Å². The molecule has 0 aliphatic heterocycles. The van der Waals surface area contributed by atoms with Crippen molar-refractivity contribution in [2.75, 3.05) is 0 Å². The molecule has 0 N–H and O–H groups in total. The highest BCUT2D eigenvalue weighted by Gasteiger charge is 2.37. The molecular formula is C29H34S3. The standard InChI is InChI=1S/C29H34S3/c1-5-6-22-27(30-24-16-10-7-11-17-24)23(2)28(31-25-18-12-8-13-19-25)29(3,4)32-26-20-14-9-15-21-26/h7-23,28H,5-6H2,1-4H3/b27-22+/t23-,28+/m1/s1. The Morgan fingerprint density at radius 1 is 0.781 bits per heavy atom. The van der Waals surface area contributed by atoms with Gasteiger partial charge in [0, 0.05) is 30.6 Å². The number of hydrogen-bond acceptors (Lipinski definition) is 3. The molecule has 0 aliphatic carbocycles. The third-order valence-corrected chi connectivity index (χ3v) is 9.85. The summed E-state index contributed by atoms with van der Waals surface area (Å²) in [6, 6.07) is 32.5.